The first-order valence-corrected chi connectivity index (χ1v) is 4.53. The van der Waals surface area contributed by atoms with Crippen molar-refractivity contribution in [2.24, 2.45) is 0 Å². The van der Waals surface area contributed by atoms with Gasteiger partial charge in [0, 0.05) is 0 Å². The second-order valence-corrected chi connectivity index (χ2v) is 2.65. The van der Waals surface area contributed by atoms with Gasteiger partial charge in [0.05, 0.1) is 12.7 Å². The second-order valence-electron chi connectivity index (χ2n) is 2.65. The molecule has 0 heterocycles. The van der Waals surface area contributed by atoms with E-state index in [1.807, 2.05) is 13.0 Å². The van der Waals surface area contributed by atoms with E-state index in [2.05, 4.69) is 6.92 Å². The fourth-order valence-corrected chi connectivity index (χ4v) is 0.722. The minimum absolute atomic E-state index is 0.411. The predicted molar refractivity (Wildman–Crippen MR) is 46.3 cm³/mol. The first-order chi connectivity index (χ1) is 5.85. The Bertz CT molecular complexity index is 131. The lowest BCUT2D eigenvalue weighted by Crippen LogP contribution is -2.09. The van der Waals surface area contributed by atoms with Crippen molar-refractivity contribution in [3.8, 4) is 6.07 Å². The molecule has 3 nitrogen and oxygen atoms in total. The van der Waals surface area contributed by atoms with Crippen LogP contribution in [0.15, 0.2) is 0 Å². The molecule has 0 aromatic carbocycles. The van der Waals surface area contributed by atoms with Gasteiger partial charge in [0.2, 0.25) is 0 Å². The van der Waals surface area contributed by atoms with Crippen molar-refractivity contribution in [2.75, 3.05) is 6.61 Å². The average Bonchev–Trinajstić information content (AvgIpc) is 2.11. The highest BCUT2D eigenvalue weighted by molar-refractivity contribution is 4.80. The summed E-state index contributed by atoms with van der Waals surface area (Å²) < 4.78 is 0. The van der Waals surface area contributed by atoms with Gasteiger partial charge >= 0.3 is 0 Å². The standard InChI is InChI=1S/C9H17NO2/c1-3-5-6-7-11-12-9(4-2)8-10/h9H,3-7H2,1-2H3. The molecule has 70 valence electrons. The molecule has 3 heteroatoms. The van der Waals surface area contributed by atoms with Gasteiger partial charge < -0.3 is 0 Å². The SMILES string of the molecule is CCCCCOOC(C#N)CC. The number of unbranched alkanes of at least 4 members (excludes halogenated alkanes) is 2. The Morgan fingerprint density at radius 2 is 2.08 bits per heavy atom. The van der Waals surface area contributed by atoms with Gasteiger partial charge in [-0.1, -0.05) is 26.7 Å². The minimum Gasteiger partial charge on any atom is -0.235 e. The lowest BCUT2D eigenvalue weighted by molar-refractivity contribution is -0.312. The van der Waals surface area contributed by atoms with Crippen LogP contribution in [0.4, 0.5) is 0 Å². The van der Waals surface area contributed by atoms with Gasteiger partial charge in [-0.15, -0.1) is 0 Å². The van der Waals surface area contributed by atoms with Gasteiger partial charge in [0.15, 0.2) is 6.10 Å². The van der Waals surface area contributed by atoms with E-state index in [1.165, 1.54) is 6.42 Å². The molecular weight excluding hydrogens is 154 g/mol. The summed E-state index contributed by atoms with van der Waals surface area (Å²) in [6.45, 7) is 4.61. The van der Waals surface area contributed by atoms with E-state index in [0.717, 1.165) is 12.8 Å². The number of nitriles is 1. The van der Waals surface area contributed by atoms with E-state index in [9.17, 15) is 0 Å². The molecular formula is C9H17NO2. The van der Waals surface area contributed by atoms with Crippen molar-refractivity contribution < 1.29 is 9.78 Å². The maximum Gasteiger partial charge on any atom is 0.178 e. The molecule has 0 aromatic rings. The third kappa shape index (κ3) is 6.14. The fraction of sp³-hybridized carbons (Fsp3) is 0.889. The monoisotopic (exact) mass is 171 g/mol. The van der Waals surface area contributed by atoms with Gasteiger partial charge in [-0.3, -0.25) is 0 Å². The predicted octanol–water partition coefficient (Wildman–Crippen LogP) is 2.43. The van der Waals surface area contributed by atoms with Crippen molar-refractivity contribution >= 4 is 0 Å². The highest BCUT2D eigenvalue weighted by Gasteiger charge is 2.03. The number of nitrogens with zero attached hydrogens (tertiary/aromatic N) is 1. The lowest BCUT2D eigenvalue weighted by Gasteiger charge is -2.06. The molecule has 0 N–H and O–H groups in total. The summed E-state index contributed by atoms with van der Waals surface area (Å²) in [4.78, 5) is 9.68. The molecule has 12 heavy (non-hydrogen) atoms. The van der Waals surface area contributed by atoms with Crippen LogP contribution in [0.1, 0.15) is 39.5 Å². The van der Waals surface area contributed by atoms with Crippen molar-refractivity contribution in [1.82, 2.24) is 0 Å². The summed E-state index contributed by atoms with van der Waals surface area (Å²) in [5, 5.41) is 8.47. The Kier molecular flexibility index (Phi) is 8.09. The zero-order valence-electron chi connectivity index (χ0n) is 7.88. The summed E-state index contributed by atoms with van der Waals surface area (Å²) in [5.41, 5.74) is 0. The van der Waals surface area contributed by atoms with Crippen LogP contribution >= 0.6 is 0 Å². The van der Waals surface area contributed by atoms with E-state index < -0.39 is 6.10 Å². The van der Waals surface area contributed by atoms with Crippen molar-refractivity contribution in [3.05, 3.63) is 0 Å². The number of rotatable bonds is 7. The quantitative estimate of drug-likeness (QED) is 0.335. The molecule has 0 aliphatic carbocycles. The minimum atomic E-state index is -0.411. The summed E-state index contributed by atoms with van der Waals surface area (Å²) in [6, 6.07) is 2.00. The molecule has 0 spiro atoms. The van der Waals surface area contributed by atoms with Crippen LogP contribution < -0.4 is 0 Å². The number of hydrogen-bond acceptors (Lipinski definition) is 3. The Morgan fingerprint density at radius 1 is 1.33 bits per heavy atom. The molecule has 1 unspecified atom stereocenters. The largest absolute Gasteiger partial charge is 0.235 e. The van der Waals surface area contributed by atoms with E-state index >= 15 is 0 Å². The molecule has 0 radical (unpaired) electrons. The van der Waals surface area contributed by atoms with Crippen molar-refractivity contribution in [1.29, 1.82) is 5.26 Å². The van der Waals surface area contributed by atoms with E-state index in [-0.39, 0.29) is 0 Å². The normalized spacial score (nSPS) is 12.4. The molecule has 0 aliphatic rings. The molecule has 0 saturated carbocycles. The second kappa shape index (κ2) is 8.51. The molecule has 0 aromatic heterocycles. The van der Waals surface area contributed by atoms with E-state index in [0.29, 0.717) is 13.0 Å². The van der Waals surface area contributed by atoms with Crippen LogP contribution in [0.3, 0.4) is 0 Å². The smallest absolute Gasteiger partial charge is 0.178 e. The van der Waals surface area contributed by atoms with Crippen molar-refractivity contribution in [2.45, 2.75) is 45.6 Å². The van der Waals surface area contributed by atoms with Gasteiger partial charge in [-0.05, 0) is 12.8 Å². The van der Waals surface area contributed by atoms with Crippen molar-refractivity contribution in [3.63, 3.8) is 0 Å². The topological polar surface area (TPSA) is 42.2 Å². The highest BCUT2D eigenvalue weighted by atomic mass is 17.2. The van der Waals surface area contributed by atoms with Crippen LogP contribution in [0.25, 0.3) is 0 Å². The molecule has 0 aliphatic heterocycles. The Hall–Kier alpha value is -0.590. The summed E-state index contributed by atoms with van der Waals surface area (Å²) in [7, 11) is 0. The zero-order chi connectivity index (χ0) is 9.23. The first kappa shape index (κ1) is 11.4. The fourth-order valence-electron chi connectivity index (χ4n) is 0.722. The average molecular weight is 171 g/mol. The summed E-state index contributed by atoms with van der Waals surface area (Å²) in [6.07, 6.45) is 3.57. The summed E-state index contributed by atoms with van der Waals surface area (Å²) in [5.74, 6) is 0. The summed E-state index contributed by atoms with van der Waals surface area (Å²) >= 11 is 0. The third-order valence-corrected chi connectivity index (χ3v) is 1.53. The maximum atomic E-state index is 8.47. The molecule has 1 atom stereocenters. The Morgan fingerprint density at radius 3 is 2.58 bits per heavy atom. The molecule has 0 fully saturated rings. The lowest BCUT2D eigenvalue weighted by atomic mass is 10.3. The van der Waals surface area contributed by atoms with Gasteiger partial charge in [-0.2, -0.15) is 5.26 Å². The van der Waals surface area contributed by atoms with Gasteiger partial charge in [0.1, 0.15) is 0 Å². The third-order valence-electron chi connectivity index (χ3n) is 1.53. The van der Waals surface area contributed by atoms with Crippen LogP contribution in [0.2, 0.25) is 0 Å². The van der Waals surface area contributed by atoms with E-state index in [4.69, 9.17) is 15.0 Å². The highest BCUT2D eigenvalue weighted by Crippen LogP contribution is 1.99. The van der Waals surface area contributed by atoms with Crippen LogP contribution in [0.5, 0.6) is 0 Å². The first-order valence-electron chi connectivity index (χ1n) is 4.53. The maximum absolute atomic E-state index is 8.47. The van der Waals surface area contributed by atoms with Crippen LogP contribution in [0, 0.1) is 11.3 Å². The zero-order valence-corrected chi connectivity index (χ0v) is 7.88. The molecule has 0 amide bonds. The molecule has 0 saturated heterocycles. The van der Waals surface area contributed by atoms with Crippen LogP contribution in [-0.4, -0.2) is 12.7 Å². The van der Waals surface area contributed by atoms with Gasteiger partial charge in [-0.25, -0.2) is 9.78 Å². The van der Waals surface area contributed by atoms with Crippen LogP contribution in [-0.2, 0) is 9.78 Å². The molecule has 0 rings (SSSR count). The Labute approximate surface area is 74.2 Å². The van der Waals surface area contributed by atoms with Gasteiger partial charge in [0.25, 0.3) is 0 Å². The van der Waals surface area contributed by atoms with E-state index in [1.54, 1.807) is 0 Å². The molecule has 0 bridgehead atoms. The Balaban J connectivity index is 3.13. The number of hydrogen-bond donors (Lipinski definition) is 0.